The van der Waals surface area contributed by atoms with E-state index in [4.69, 9.17) is 23.2 Å². The van der Waals surface area contributed by atoms with Gasteiger partial charge in [-0.25, -0.2) is 0 Å². The third-order valence-corrected chi connectivity index (χ3v) is 4.82. The van der Waals surface area contributed by atoms with Crippen LogP contribution in [0.3, 0.4) is 0 Å². The van der Waals surface area contributed by atoms with Crippen molar-refractivity contribution < 1.29 is 9.59 Å². The summed E-state index contributed by atoms with van der Waals surface area (Å²) in [5.74, 6) is -0.313. The first-order valence-electron chi connectivity index (χ1n) is 8.07. The molecule has 0 radical (unpaired) electrons. The van der Waals surface area contributed by atoms with Crippen LogP contribution in [0.2, 0.25) is 10.0 Å². The summed E-state index contributed by atoms with van der Waals surface area (Å²) < 4.78 is 0. The van der Waals surface area contributed by atoms with E-state index >= 15 is 0 Å². The zero-order valence-corrected chi connectivity index (χ0v) is 15.3. The molecule has 0 spiro atoms. The van der Waals surface area contributed by atoms with Crippen LogP contribution in [0.4, 0.5) is 5.69 Å². The molecule has 1 fully saturated rings. The predicted octanol–water partition coefficient (Wildman–Crippen LogP) is 4.26. The fourth-order valence-electron chi connectivity index (χ4n) is 3.11. The summed E-state index contributed by atoms with van der Waals surface area (Å²) in [7, 11) is 1.73. The normalized spacial score (nSPS) is 16.8. The standard InChI is InChI=1S/C19H18Cl2N2O2/c1-22(16-6-3-2-4-7-16)19(25)17-8-5-9-23(17)18(24)13-10-14(20)12-15(21)11-13/h2-4,6-7,10-12,17H,5,8-9H2,1H3. The van der Waals surface area contributed by atoms with Gasteiger partial charge in [-0.2, -0.15) is 0 Å². The summed E-state index contributed by atoms with van der Waals surface area (Å²) >= 11 is 12.0. The second-order valence-electron chi connectivity index (χ2n) is 6.05. The molecule has 0 bridgehead atoms. The van der Waals surface area contributed by atoms with Crippen molar-refractivity contribution in [3.8, 4) is 0 Å². The number of carbonyl (C=O) groups is 2. The van der Waals surface area contributed by atoms with E-state index in [0.717, 1.165) is 12.1 Å². The molecule has 3 rings (SSSR count). The lowest BCUT2D eigenvalue weighted by Crippen LogP contribution is -2.46. The Hall–Kier alpha value is -2.04. The number of likely N-dealkylation sites (N-methyl/N-ethyl adjacent to an activating group) is 1. The number of hydrogen-bond acceptors (Lipinski definition) is 2. The van der Waals surface area contributed by atoms with Gasteiger partial charge in [0, 0.05) is 34.9 Å². The molecule has 130 valence electrons. The van der Waals surface area contributed by atoms with Crippen molar-refractivity contribution in [2.45, 2.75) is 18.9 Å². The Morgan fingerprint density at radius 3 is 2.36 bits per heavy atom. The van der Waals surface area contributed by atoms with Gasteiger partial charge in [0.25, 0.3) is 5.91 Å². The summed E-state index contributed by atoms with van der Waals surface area (Å²) in [6.45, 7) is 0.544. The van der Waals surface area contributed by atoms with Crippen molar-refractivity contribution >= 4 is 40.7 Å². The molecular weight excluding hydrogens is 359 g/mol. The second kappa shape index (κ2) is 7.46. The number of hydrogen-bond donors (Lipinski definition) is 0. The van der Waals surface area contributed by atoms with Crippen LogP contribution in [0.25, 0.3) is 0 Å². The van der Waals surface area contributed by atoms with E-state index in [0.29, 0.717) is 28.6 Å². The Kier molecular flexibility index (Phi) is 5.30. The molecule has 1 saturated heterocycles. The van der Waals surface area contributed by atoms with Gasteiger partial charge in [0.1, 0.15) is 6.04 Å². The van der Waals surface area contributed by atoms with Gasteiger partial charge in [0.15, 0.2) is 0 Å². The molecule has 25 heavy (non-hydrogen) atoms. The summed E-state index contributed by atoms with van der Waals surface area (Å²) in [6, 6.07) is 13.7. The number of benzene rings is 2. The highest BCUT2D eigenvalue weighted by Gasteiger charge is 2.36. The minimum Gasteiger partial charge on any atom is -0.327 e. The van der Waals surface area contributed by atoms with Crippen LogP contribution in [0, 0.1) is 0 Å². The van der Waals surface area contributed by atoms with Gasteiger partial charge in [0.05, 0.1) is 0 Å². The second-order valence-corrected chi connectivity index (χ2v) is 6.92. The van der Waals surface area contributed by atoms with Crippen molar-refractivity contribution in [1.29, 1.82) is 0 Å². The molecule has 6 heteroatoms. The van der Waals surface area contributed by atoms with E-state index in [2.05, 4.69) is 0 Å². The summed E-state index contributed by atoms with van der Waals surface area (Å²) in [5.41, 5.74) is 1.21. The van der Waals surface area contributed by atoms with E-state index < -0.39 is 6.04 Å². The Morgan fingerprint density at radius 2 is 1.72 bits per heavy atom. The largest absolute Gasteiger partial charge is 0.327 e. The number of likely N-dealkylation sites (tertiary alicyclic amines) is 1. The maximum Gasteiger partial charge on any atom is 0.254 e. The maximum atomic E-state index is 12.9. The molecule has 0 N–H and O–H groups in total. The quantitative estimate of drug-likeness (QED) is 0.802. The summed E-state index contributed by atoms with van der Waals surface area (Å²) in [5, 5.41) is 0.804. The lowest BCUT2D eigenvalue weighted by atomic mass is 10.1. The third kappa shape index (κ3) is 3.80. The molecule has 0 saturated carbocycles. The molecule has 1 atom stereocenters. The molecule has 1 aliphatic heterocycles. The minimum atomic E-state index is -0.476. The number of carbonyl (C=O) groups excluding carboxylic acids is 2. The van der Waals surface area contributed by atoms with E-state index in [1.165, 1.54) is 0 Å². The van der Waals surface area contributed by atoms with E-state index in [-0.39, 0.29) is 11.8 Å². The highest BCUT2D eigenvalue weighted by molar-refractivity contribution is 6.35. The van der Waals surface area contributed by atoms with Gasteiger partial charge in [-0.05, 0) is 43.2 Å². The first kappa shape index (κ1) is 17.8. The van der Waals surface area contributed by atoms with Crippen LogP contribution in [-0.4, -0.2) is 36.3 Å². The molecule has 2 amide bonds. The summed E-state index contributed by atoms with van der Waals surface area (Å²) in [4.78, 5) is 29.0. The van der Waals surface area contributed by atoms with Crippen molar-refractivity contribution in [2.24, 2.45) is 0 Å². The van der Waals surface area contributed by atoms with Gasteiger partial charge in [-0.3, -0.25) is 9.59 Å². The minimum absolute atomic E-state index is 0.0924. The van der Waals surface area contributed by atoms with Gasteiger partial charge >= 0.3 is 0 Å². The number of nitrogens with zero attached hydrogens (tertiary/aromatic N) is 2. The number of amides is 2. The first-order valence-corrected chi connectivity index (χ1v) is 8.82. The van der Waals surface area contributed by atoms with Gasteiger partial charge in [0.2, 0.25) is 5.91 Å². The van der Waals surface area contributed by atoms with Crippen LogP contribution >= 0.6 is 23.2 Å². The average Bonchev–Trinajstić information content (AvgIpc) is 3.09. The van der Waals surface area contributed by atoms with Gasteiger partial charge < -0.3 is 9.80 Å². The van der Waals surface area contributed by atoms with E-state index in [1.54, 1.807) is 35.0 Å². The summed E-state index contributed by atoms with van der Waals surface area (Å²) in [6.07, 6.45) is 1.44. The van der Waals surface area contributed by atoms with Crippen LogP contribution in [0.5, 0.6) is 0 Å². The van der Waals surface area contributed by atoms with Crippen molar-refractivity contribution in [1.82, 2.24) is 4.90 Å². The van der Waals surface area contributed by atoms with Crippen molar-refractivity contribution in [3.05, 3.63) is 64.1 Å². The smallest absolute Gasteiger partial charge is 0.254 e. The zero-order valence-electron chi connectivity index (χ0n) is 13.8. The molecule has 0 aromatic heterocycles. The van der Waals surface area contributed by atoms with E-state index in [9.17, 15) is 9.59 Å². The number of anilines is 1. The predicted molar refractivity (Wildman–Crippen MR) is 100 cm³/mol. The molecule has 1 aliphatic rings. The molecule has 1 unspecified atom stereocenters. The highest BCUT2D eigenvalue weighted by atomic mass is 35.5. The fourth-order valence-corrected chi connectivity index (χ4v) is 3.64. The van der Waals surface area contributed by atoms with Crippen LogP contribution in [0.15, 0.2) is 48.5 Å². The van der Waals surface area contributed by atoms with E-state index in [1.807, 2.05) is 30.3 Å². The topological polar surface area (TPSA) is 40.6 Å². The Balaban J connectivity index is 1.82. The molecule has 0 aliphatic carbocycles. The SMILES string of the molecule is CN(C(=O)C1CCCN1C(=O)c1cc(Cl)cc(Cl)c1)c1ccccc1. The third-order valence-electron chi connectivity index (χ3n) is 4.38. The van der Waals surface area contributed by atoms with Crippen LogP contribution in [-0.2, 0) is 4.79 Å². The molecule has 2 aromatic carbocycles. The lowest BCUT2D eigenvalue weighted by molar-refractivity contribution is -0.121. The molecule has 2 aromatic rings. The Bertz CT molecular complexity index is 775. The number of rotatable bonds is 3. The molecule has 1 heterocycles. The monoisotopic (exact) mass is 376 g/mol. The molecule has 4 nitrogen and oxygen atoms in total. The lowest BCUT2D eigenvalue weighted by Gasteiger charge is -2.28. The average molecular weight is 377 g/mol. The first-order chi connectivity index (χ1) is 12.0. The van der Waals surface area contributed by atoms with Crippen LogP contribution < -0.4 is 4.90 Å². The maximum absolute atomic E-state index is 12.9. The number of halogens is 2. The zero-order chi connectivity index (χ0) is 18.0. The Labute approximate surface area is 156 Å². The molecular formula is C19H18Cl2N2O2. The van der Waals surface area contributed by atoms with Crippen LogP contribution in [0.1, 0.15) is 23.2 Å². The number of para-hydroxylation sites is 1. The fraction of sp³-hybridized carbons (Fsp3) is 0.263. The highest BCUT2D eigenvalue weighted by Crippen LogP contribution is 2.26. The van der Waals surface area contributed by atoms with Crippen molar-refractivity contribution in [3.63, 3.8) is 0 Å². The van der Waals surface area contributed by atoms with Crippen molar-refractivity contribution in [2.75, 3.05) is 18.5 Å². The van der Waals surface area contributed by atoms with Gasteiger partial charge in [-0.1, -0.05) is 41.4 Å². The van der Waals surface area contributed by atoms with Gasteiger partial charge in [-0.15, -0.1) is 0 Å². The Morgan fingerprint density at radius 1 is 1.08 bits per heavy atom.